The molecule has 0 aliphatic carbocycles. The molecule has 0 saturated heterocycles. The second kappa shape index (κ2) is 7.40. The lowest BCUT2D eigenvalue weighted by Crippen LogP contribution is -2.42. The number of nitrogens with one attached hydrogen (secondary N) is 2. The normalized spacial score (nSPS) is 10.6. The molecule has 25 heavy (non-hydrogen) atoms. The zero-order valence-electron chi connectivity index (χ0n) is 13.6. The van der Waals surface area contributed by atoms with E-state index in [-0.39, 0.29) is 12.3 Å². The zero-order valence-corrected chi connectivity index (χ0v) is 14.4. The van der Waals surface area contributed by atoms with Gasteiger partial charge in [-0.1, -0.05) is 36.7 Å². The Bertz CT molecular complexity index is 933. The first-order valence-electron chi connectivity index (χ1n) is 7.91. The van der Waals surface area contributed by atoms with E-state index in [1.807, 2.05) is 18.2 Å². The summed E-state index contributed by atoms with van der Waals surface area (Å²) in [6.07, 6.45) is 2.57. The molecule has 128 valence electrons. The molecule has 3 rings (SSSR count). The van der Waals surface area contributed by atoms with Crippen molar-refractivity contribution in [2.24, 2.45) is 0 Å². The molecule has 1 heterocycles. The van der Waals surface area contributed by atoms with E-state index < -0.39 is 5.91 Å². The van der Waals surface area contributed by atoms with Gasteiger partial charge in [0.25, 0.3) is 5.91 Å². The van der Waals surface area contributed by atoms with E-state index in [4.69, 9.17) is 16.0 Å². The Kier molecular flexibility index (Phi) is 5.05. The summed E-state index contributed by atoms with van der Waals surface area (Å²) >= 11 is 5.96. The van der Waals surface area contributed by atoms with Gasteiger partial charge in [-0.25, -0.2) is 0 Å². The van der Waals surface area contributed by atoms with Crippen LogP contribution >= 0.6 is 11.6 Å². The van der Waals surface area contributed by atoms with E-state index in [0.29, 0.717) is 10.6 Å². The molecule has 1 aromatic heterocycles. The Morgan fingerprint density at radius 1 is 1.12 bits per heavy atom. The maximum atomic E-state index is 12.1. The average Bonchev–Trinajstić information content (AvgIpc) is 3.02. The molecule has 6 heteroatoms. The average molecular weight is 357 g/mol. The van der Waals surface area contributed by atoms with Crippen LogP contribution < -0.4 is 10.9 Å². The minimum Gasteiger partial charge on any atom is -0.464 e. The number of aryl methyl sites for hydroxylation is 1. The number of amides is 2. The van der Waals surface area contributed by atoms with Gasteiger partial charge < -0.3 is 4.42 Å². The van der Waals surface area contributed by atoms with Crippen LogP contribution in [0, 0.1) is 0 Å². The Labute approximate surface area is 149 Å². The van der Waals surface area contributed by atoms with Crippen molar-refractivity contribution in [1.29, 1.82) is 0 Å². The van der Waals surface area contributed by atoms with Gasteiger partial charge in [-0.2, -0.15) is 0 Å². The van der Waals surface area contributed by atoms with Gasteiger partial charge in [0.05, 0.1) is 23.3 Å². The van der Waals surface area contributed by atoms with Gasteiger partial charge in [-0.15, -0.1) is 0 Å². The predicted molar refractivity (Wildman–Crippen MR) is 96.4 cm³/mol. The summed E-state index contributed by atoms with van der Waals surface area (Å²) in [7, 11) is 0. The summed E-state index contributed by atoms with van der Waals surface area (Å²) < 4.78 is 5.48. The minimum atomic E-state index is -0.468. The number of fused-ring (bicyclic) bond motifs is 1. The second-order valence-corrected chi connectivity index (χ2v) is 6.01. The Hall–Kier alpha value is -2.79. The lowest BCUT2D eigenvalue weighted by molar-refractivity contribution is -0.121. The van der Waals surface area contributed by atoms with Crippen LogP contribution in [0.4, 0.5) is 0 Å². The molecular weight excluding hydrogens is 340 g/mol. The number of halogens is 1. The van der Waals surface area contributed by atoms with Gasteiger partial charge in [-0.05, 0) is 36.2 Å². The highest BCUT2D eigenvalue weighted by atomic mass is 35.5. The Morgan fingerprint density at radius 3 is 2.68 bits per heavy atom. The fourth-order valence-electron chi connectivity index (χ4n) is 2.54. The molecule has 0 radical (unpaired) electrons. The highest BCUT2D eigenvalue weighted by molar-refractivity contribution is 6.33. The van der Waals surface area contributed by atoms with E-state index in [1.54, 1.807) is 30.5 Å². The molecule has 2 aromatic carbocycles. The number of carbonyl (C=O) groups excluding carboxylic acids is 2. The van der Waals surface area contributed by atoms with Gasteiger partial charge in [0.1, 0.15) is 5.58 Å². The van der Waals surface area contributed by atoms with Crippen molar-refractivity contribution in [2.75, 3.05) is 0 Å². The van der Waals surface area contributed by atoms with Crippen molar-refractivity contribution >= 4 is 34.4 Å². The van der Waals surface area contributed by atoms with E-state index >= 15 is 0 Å². The van der Waals surface area contributed by atoms with Crippen LogP contribution in [0.15, 0.2) is 53.1 Å². The highest BCUT2D eigenvalue weighted by Crippen LogP contribution is 2.23. The molecule has 2 N–H and O–H groups in total. The third kappa shape index (κ3) is 3.83. The van der Waals surface area contributed by atoms with Gasteiger partial charge in [0, 0.05) is 10.9 Å². The van der Waals surface area contributed by atoms with Crippen molar-refractivity contribution < 1.29 is 14.0 Å². The van der Waals surface area contributed by atoms with Crippen molar-refractivity contribution in [3.05, 3.63) is 70.4 Å². The number of hydrazine groups is 1. The van der Waals surface area contributed by atoms with Gasteiger partial charge >= 0.3 is 0 Å². The van der Waals surface area contributed by atoms with E-state index in [1.165, 1.54) is 5.56 Å². The van der Waals surface area contributed by atoms with E-state index in [2.05, 4.69) is 17.8 Å². The van der Waals surface area contributed by atoms with Crippen LogP contribution in [0.25, 0.3) is 11.0 Å². The number of carbonyl (C=O) groups is 2. The smallest absolute Gasteiger partial charge is 0.271 e. The predicted octanol–water partition coefficient (Wildman–Crippen LogP) is 3.65. The Morgan fingerprint density at radius 2 is 1.92 bits per heavy atom. The standard InChI is InChI=1S/C19H17ClN2O3/c1-2-12-7-8-17-15(9-12)13(11-25-17)10-18(23)21-22-19(24)14-5-3-4-6-16(14)20/h3-9,11H,2,10H2,1H3,(H,21,23)(H,22,24). The fourth-order valence-corrected chi connectivity index (χ4v) is 2.76. The van der Waals surface area contributed by atoms with Crippen LogP contribution in [0.2, 0.25) is 5.02 Å². The molecular formula is C19H17ClN2O3. The van der Waals surface area contributed by atoms with Gasteiger partial charge in [0.15, 0.2) is 0 Å². The molecule has 0 fully saturated rings. The largest absolute Gasteiger partial charge is 0.464 e. The maximum Gasteiger partial charge on any atom is 0.271 e. The zero-order chi connectivity index (χ0) is 17.8. The van der Waals surface area contributed by atoms with Gasteiger partial charge in [-0.3, -0.25) is 20.4 Å². The summed E-state index contributed by atoms with van der Waals surface area (Å²) in [6.45, 7) is 2.07. The number of furan rings is 1. The van der Waals surface area contributed by atoms with Gasteiger partial charge in [0.2, 0.25) is 5.91 Å². The van der Waals surface area contributed by atoms with Crippen molar-refractivity contribution in [3.63, 3.8) is 0 Å². The van der Waals surface area contributed by atoms with E-state index in [9.17, 15) is 9.59 Å². The number of rotatable bonds is 4. The van der Waals surface area contributed by atoms with Crippen molar-refractivity contribution in [3.8, 4) is 0 Å². The number of hydrogen-bond acceptors (Lipinski definition) is 3. The topological polar surface area (TPSA) is 71.3 Å². The number of hydrogen-bond donors (Lipinski definition) is 2. The highest BCUT2D eigenvalue weighted by Gasteiger charge is 2.13. The lowest BCUT2D eigenvalue weighted by atomic mass is 10.1. The molecule has 3 aromatic rings. The van der Waals surface area contributed by atoms with E-state index in [0.717, 1.165) is 23.0 Å². The first-order chi connectivity index (χ1) is 12.1. The summed E-state index contributed by atoms with van der Waals surface area (Å²) in [4.78, 5) is 24.2. The monoisotopic (exact) mass is 356 g/mol. The quantitative estimate of drug-likeness (QED) is 0.701. The molecule has 0 unspecified atom stereocenters. The van der Waals surface area contributed by atoms with Crippen LogP contribution in [-0.2, 0) is 17.6 Å². The maximum absolute atomic E-state index is 12.1. The second-order valence-electron chi connectivity index (χ2n) is 5.60. The summed E-state index contributed by atoms with van der Waals surface area (Å²) in [6, 6.07) is 12.5. The minimum absolute atomic E-state index is 0.100. The SMILES string of the molecule is CCc1ccc2occ(CC(=O)NNC(=O)c3ccccc3Cl)c2c1. The molecule has 0 aliphatic rings. The summed E-state index contributed by atoms with van der Waals surface area (Å²) in [5.41, 5.74) is 7.75. The van der Waals surface area contributed by atoms with Crippen molar-refractivity contribution in [1.82, 2.24) is 10.9 Å². The molecule has 0 aliphatic heterocycles. The molecule has 0 bridgehead atoms. The third-order valence-electron chi connectivity index (χ3n) is 3.91. The first kappa shape index (κ1) is 17.0. The Balaban J connectivity index is 1.65. The van der Waals surface area contributed by atoms with Crippen LogP contribution in [-0.4, -0.2) is 11.8 Å². The summed E-state index contributed by atoms with van der Waals surface area (Å²) in [5, 5.41) is 1.23. The number of benzene rings is 2. The van der Waals surface area contributed by atoms with Crippen LogP contribution in [0.5, 0.6) is 0 Å². The molecule has 0 atom stereocenters. The summed E-state index contributed by atoms with van der Waals surface area (Å²) in [5.74, 6) is -0.811. The molecule has 5 nitrogen and oxygen atoms in total. The molecule has 0 spiro atoms. The molecule has 0 saturated carbocycles. The first-order valence-corrected chi connectivity index (χ1v) is 8.29. The lowest BCUT2D eigenvalue weighted by Gasteiger charge is -2.08. The fraction of sp³-hybridized carbons (Fsp3) is 0.158. The van der Waals surface area contributed by atoms with Crippen molar-refractivity contribution in [2.45, 2.75) is 19.8 Å². The van der Waals surface area contributed by atoms with Crippen LogP contribution in [0.1, 0.15) is 28.4 Å². The third-order valence-corrected chi connectivity index (χ3v) is 4.24. The molecule has 2 amide bonds. The van der Waals surface area contributed by atoms with Crippen LogP contribution in [0.3, 0.4) is 0 Å².